The first kappa shape index (κ1) is 12.1. The molecule has 0 aliphatic heterocycles. The van der Waals surface area contributed by atoms with Crippen LogP contribution in [0.4, 0.5) is 4.39 Å². The Hall–Kier alpha value is -1.92. The first-order valence-electron chi connectivity index (χ1n) is 5.86. The van der Waals surface area contributed by atoms with Gasteiger partial charge in [0.2, 0.25) is 0 Å². The molecule has 0 saturated carbocycles. The van der Waals surface area contributed by atoms with Gasteiger partial charge in [-0.3, -0.25) is 0 Å². The van der Waals surface area contributed by atoms with E-state index in [1.807, 2.05) is 5.38 Å². The van der Waals surface area contributed by atoms with E-state index in [1.54, 1.807) is 17.6 Å². The molecular formula is C13H13FN3OS+. The summed E-state index contributed by atoms with van der Waals surface area (Å²) >= 11 is 1.51. The minimum Gasteiger partial charge on any atom is -0.487 e. The Morgan fingerprint density at radius 3 is 3.00 bits per heavy atom. The molecule has 6 heteroatoms. The van der Waals surface area contributed by atoms with Crippen LogP contribution >= 0.6 is 11.3 Å². The minimum absolute atomic E-state index is 0.290. The van der Waals surface area contributed by atoms with Crippen molar-refractivity contribution >= 4 is 22.2 Å². The number of fused-ring (bicyclic) bond motifs is 1. The predicted octanol–water partition coefficient (Wildman–Crippen LogP) is 2.08. The molecule has 0 unspecified atom stereocenters. The number of halogens is 1. The zero-order valence-corrected chi connectivity index (χ0v) is 11.0. The molecule has 0 bridgehead atoms. The van der Waals surface area contributed by atoms with Crippen molar-refractivity contribution in [3.8, 4) is 5.75 Å². The van der Waals surface area contributed by atoms with Crippen LogP contribution in [-0.4, -0.2) is 9.97 Å². The van der Waals surface area contributed by atoms with Crippen molar-refractivity contribution in [3.05, 3.63) is 46.3 Å². The van der Waals surface area contributed by atoms with Crippen LogP contribution in [0.3, 0.4) is 0 Å². The first-order valence-corrected chi connectivity index (χ1v) is 6.81. The highest BCUT2D eigenvalue weighted by Crippen LogP contribution is 2.25. The van der Waals surface area contributed by atoms with E-state index in [1.165, 1.54) is 17.4 Å². The van der Waals surface area contributed by atoms with Crippen LogP contribution < -0.4 is 10.5 Å². The zero-order valence-electron chi connectivity index (χ0n) is 10.1. The molecule has 0 aliphatic rings. The Balaban J connectivity index is 1.87. The largest absolute Gasteiger partial charge is 0.487 e. The van der Waals surface area contributed by atoms with Crippen LogP contribution in [-0.2, 0) is 13.2 Å². The third-order valence-electron chi connectivity index (χ3n) is 2.86. The number of hydrogen-bond acceptors (Lipinski definition) is 3. The monoisotopic (exact) mass is 278 g/mol. The fourth-order valence-electron chi connectivity index (χ4n) is 1.91. The average molecular weight is 278 g/mol. The number of thiazole rings is 1. The fourth-order valence-corrected chi connectivity index (χ4v) is 2.45. The van der Waals surface area contributed by atoms with Crippen molar-refractivity contribution in [2.45, 2.75) is 13.2 Å². The molecule has 4 nitrogen and oxygen atoms in total. The molecule has 1 aromatic carbocycles. The van der Waals surface area contributed by atoms with Crippen LogP contribution in [0.5, 0.6) is 5.75 Å². The van der Waals surface area contributed by atoms with Crippen LogP contribution in [0, 0.1) is 5.82 Å². The van der Waals surface area contributed by atoms with Crippen LogP contribution in [0.25, 0.3) is 10.9 Å². The van der Waals surface area contributed by atoms with Crippen LogP contribution in [0.15, 0.2) is 29.1 Å². The summed E-state index contributed by atoms with van der Waals surface area (Å²) in [6.45, 7) is 0.945. The maximum atomic E-state index is 13.9. The number of H-pyrrole nitrogens is 1. The number of quaternary nitrogens is 1. The lowest BCUT2D eigenvalue weighted by Crippen LogP contribution is -2.47. The second-order valence-corrected chi connectivity index (χ2v) is 4.90. The van der Waals surface area contributed by atoms with Crippen LogP contribution in [0.2, 0.25) is 0 Å². The summed E-state index contributed by atoms with van der Waals surface area (Å²) in [6, 6.07) is 4.97. The fraction of sp³-hybridized carbons (Fsp3) is 0.154. The number of benzene rings is 1. The normalized spacial score (nSPS) is 11.1. The molecule has 0 aliphatic carbocycles. The quantitative estimate of drug-likeness (QED) is 0.767. The van der Waals surface area contributed by atoms with E-state index < -0.39 is 0 Å². The Kier molecular flexibility index (Phi) is 3.18. The van der Waals surface area contributed by atoms with Gasteiger partial charge in [-0.05, 0) is 6.07 Å². The average Bonchev–Trinajstić information content (AvgIpc) is 3.05. The molecular weight excluding hydrogens is 265 g/mol. The summed E-state index contributed by atoms with van der Waals surface area (Å²) < 4.78 is 19.5. The summed E-state index contributed by atoms with van der Waals surface area (Å²) in [5.41, 5.74) is 8.00. The smallest absolute Gasteiger partial charge is 0.136 e. The van der Waals surface area contributed by atoms with Gasteiger partial charge in [0.1, 0.15) is 24.7 Å². The molecule has 2 heterocycles. The maximum Gasteiger partial charge on any atom is 0.136 e. The first-order chi connectivity index (χ1) is 9.26. The Bertz CT molecular complexity index is 693. The van der Waals surface area contributed by atoms with Gasteiger partial charge in [-0.1, -0.05) is 0 Å². The summed E-state index contributed by atoms with van der Waals surface area (Å²) in [5, 5.41) is 2.48. The number of rotatable bonds is 4. The van der Waals surface area contributed by atoms with E-state index in [-0.39, 0.29) is 5.82 Å². The number of aromatic amines is 1. The molecule has 0 saturated heterocycles. The third kappa shape index (κ3) is 2.45. The van der Waals surface area contributed by atoms with Crippen molar-refractivity contribution in [1.29, 1.82) is 0 Å². The molecule has 0 spiro atoms. The maximum absolute atomic E-state index is 13.9. The molecule has 98 valence electrons. The lowest BCUT2D eigenvalue weighted by molar-refractivity contribution is -0.387. The van der Waals surface area contributed by atoms with Gasteiger partial charge in [-0.25, -0.2) is 9.37 Å². The van der Waals surface area contributed by atoms with Crippen molar-refractivity contribution < 1.29 is 14.9 Å². The Morgan fingerprint density at radius 2 is 2.26 bits per heavy atom. The van der Waals surface area contributed by atoms with Crippen molar-refractivity contribution in [3.63, 3.8) is 0 Å². The second-order valence-electron chi connectivity index (χ2n) is 4.18. The van der Waals surface area contributed by atoms with Gasteiger partial charge in [0, 0.05) is 22.9 Å². The Morgan fingerprint density at radius 1 is 1.37 bits per heavy atom. The van der Waals surface area contributed by atoms with E-state index >= 15 is 0 Å². The molecule has 0 fully saturated rings. The standard InChI is InChI=1S/C13H12FN3OS/c14-12-2-10(18-5-9-6-19-7-16-9)3-13-11(12)1-8(4-15)17-13/h1-3,6-7,17H,4-5,15H2/p+1. The van der Waals surface area contributed by atoms with Gasteiger partial charge in [0.25, 0.3) is 0 Å². The minimum atomic E-state index is -0.290. The SMILES string of the molecule is [NH3+]Cc1cc2c(F)cc(OCc3cscn3)cc2[nH]1. The topological polar surface area (TPSA) is 65.6 Å². The molecule has 3 aromatic rings. The summed E-state index contributed by atoms with van der Waals surface area (Å²) in [6.07, 6.45) is 0. The highest BCUT2D eigenvalue weighted by atomic mass is 32.1. The molecule has 3 rings (SSSR count). The highest BCUT2D eigenvalue weighted by molar-refractivity contribution is 7.07. The third-order valence-corrected chi connectivity index (χ3v) is 3.49. The summed E-state index contributed by atoms with van der Waals surface area (Å²) in [4.78, 5) is 7.24. The summed E-state index contributed by atoms with van der Waals surface area (Å²) in [5.74, 6) is 0.206. The molecule has 0 radical (unpaired) electrons. The molecule has 0 amide bonds. The molecule has 19 heavy (non-hydrogen) atoms. The van der Waals surface area contributed by atoms with E-state index in [4.69, 9.17) is 4.74 Å². The van der Waals surface area contributed by atoms with Crippen molar-refractivity contribution in [2.24, 2.45) is 0 Å². The van der Waals surface area contributed by atoms with E-state index in [0.717, 1.165) is 16.9 Å². The lowest BCUT2D eigenvalue weighted by atomic mass is 10.2. The Labute approximate surface area is 113 Å². The lowest BCUT2D eigenvalue weighted by Gasteiger charge is -2.04. The van der Waals surface area contributed by atoms with E-state index in [9.17, 15) is 4.39 Å². The van der Waals surface area contributed by atoms with Crippen LogP contribution in [0.1, 0.15) is 11.4 Å². The second kappa shape index (κ2) is 4.99. The van der Waals surface area contributed by atoms with Gasteiger partial charge in [-0.15, -0.1) is 11.3 Å². The molecule has 0 atom stereocenters. The van der Waals surface area contributed by atoms with Gasteiger partial charge in [0.05, 0.1) is 22.4 Å². The van der Waals surface area contributed by atoms with Gasteiger partial charge in [-0.2, -0.15) is 0 Å². The van der Waals surface area contributed by atoms with Gasteiger partial charge in [0.15, 0.2) is 0 Å². The van der Waals surface area contributed by atoms with Crippen molar-refractivity contribution in [2.75, 3.05) is 0 Å². The number of ether oxygens (including phenoxy) is 1. The summed E-state index contributed by atoms with van der Waals surface area (Å²) in [7, 11) is 0. The van der Waals surface area contributed by atoms with Gasteiger partial charge >= 0.3 is 0 Å². The molecule has 2 aromatic heterocycles. The number of nitrogens with one attached hydrogen (secondary N) is 1. The van der Waals surface area contributed by atoms with Gasteiger partial charge < -0.3 is 15.5 Å². The van der Waals surface area contributed by atoms with E-state index in [2.05, 4.69) is 15.7 Å². The van der Waals surface area contributed by atoms with E-state index in [0.29, 0.717) is 24.3 Å². The number of aromatic nitrogens is 2. The van der Waals surface area contributed by atoms with Crippen molar-refractivity contribution in [1.82, 2.24) is 9.97 Å². The number of hydrogen-bond donors (Lipinski definition) is 2. The predicted molar refractivity (Wildman–Crippen MR) is 71.3 cm³/mol. The number of nitrogens with zero attached hydrogens (tertiary/aromatic N) is 1. The zero-order chi connectivity index (χ0) is 13.2. The molecule has 4 N–H and O–H groups in total. The highest BCUT2D eigenvalue weighted by Gasteiger charge is 2.09.